The Balaban J connectivity index is 2.22. The number of hydrogen-bond acceptors (Lipinski definition) is 3. The first-order chi connectivity index (χ1) is 12.0. The summed E-state index contributed by atoms with van der Waals surface area (Å²) in [6.07, 6.45) is 2.34. The molecule has 1 amide bonds. The molecule has 0 aliphatic rings. The van der Waals surface area contributed by atoms with E-state index >= 15 is 0 Å². The molecule has 0 saturated carbocycles. The van der Waals surface area contributed by atoms with Crippen LogP contribution in [0.1, 0.15) is 29.2 Å². The van der Waals surface area contributed by atoms with Crippen LogP contribution in [-0.2, 0) is 11.2 Å². The summed E-state index contributed by atoms with van der Waals surface area (Å²) in [5.41, 5.74) is 5.99. The van der Waals surface area contributed by atoms with Gasteiger partial charge in [-0.3, -0.25) is 4.79 Å². The van der Waals surface area contributed by atoms with Gasteiger partial charge in [-0.25, -0.2) is 0 Å². The minimum atomic E-state index is -0.421. The van der Waals surface area contributed by atoms with Gasteiger partial charge in [0.05, 0.1) is 0 Å². The van der Waals surface area contributed by atoms with Crippen LogP contribution in [0.3, 0.4) is 0 Å². The number of carbonyl (C=O) groups is 1. The molecule has 0 aliphatic carbocycles. The highest BCUT2D eigenvalue weighted by Crippen LogP contribution is 2.22. The Hall–Kier alpha value is -3.06. The number of benzene rings is 2. The fourth-order valence-corrected chi connectivity index (χ4v) is 2.60. The van der Waals surface area contributed by atoms with Gasteiger partial charge in [-0.15, -0.1) is 0 Å². The van der Waals surface area contributed by atoms with Crippen molar-refractivity contribution in [2.24, 2.45) is 0 Å². The number of nitriles is 1. The van der Waals surface area contributed by atoms with Crippen molar-refractivity contribution in [1.82, 2.24) is 0 Å². The van der Waals surface area contributed by atoms with Gasteiger partial charge < -0.3 is 10.6 Å². The zero-order valence-corrected chi connectivity index (χ0v) is 15.1. The molecule has 128 valence electrons. The summed E-state index contributed by atoms with van der Waals surface area (Å²) < 4.78 is 0. The molecule has 0 aromatic heterocycles. The summed E-state index contributed by atoms with van der Waals surface area (Å²) in [5.74, 6) is -0.421. The molecule has 2 aromatic carbocycles. The van der Waals surface area contributed by atoms with Crippen LogP contribution in [0.15, 0.2) is 48.2 Å². The first-order valence-electron chi connectivity index (χ1n) is 8.30. The molecule has 2 N–H and O–H groups in total. The number of carbonyl (C=O) groups excluding carboxylic acids is 1. The SMILES string of the molecule is CCc1cccc(C)c1N/C=C(/C#N)C(=O)Nc1cccc(C)c1C. The molecule has 0 radical (unpaired) electrons. The highest BCUT2D eigenvalue weighted by molar-refractivity contribution is 6.07. The maximum atomic E-state index is 12.4. The number of rotatable bonds is 5. The molecular weight excluding hydrogens is 310 g/mol. The van der Waals surface area contributed by atoms with E-state index in [9.17, 15) is 10.1 Å². The molecule has 0 heterocycles. The first kappa shape index (κ1) is 18.3. The number of anilines is 2. The van der Waals surface area contributed by atoms with E-state index < -0.39 is 5.91 Å². The van der Waals surface area contributed by atoms with Crippen molar-refractivity contribution in [3.63, 3.8) is 0 Å². The normalized spacial score (nSPS) is 10.9. The Labute approximate surface area is 149 Å². The van der Waals surface area contributed by atoms with Crippen molar-refractivity contribution in [3.8, 4) is 6.07 Å². The van der Waals surface area contributed by atoms with E-state index in [1.54, 1.807) is 0 Å². The number of amides is 1. The third-order valence-electron chi connectivity index (χ3n) is 4.32. The monoisotopic (exact) mass is 333 g/mol. The largest absolute Gasteiger partial charge is 0.360 e. The zero-order chi connectivity index (χ0) is 18.4. The van der Waals surface area contributed by atoms with Gasteiger partial charge in [-0.1, -0.05) is 37.3 Å². The minimum absolute atomic E-state index is 0.0335. The molecule has 2 rings (SSSR count). The van der Waals surface area contributed by atoms with E-state index in [1.165, 1.54) is 6.20 Å². The van der Waals surface area contributed by atoms with Crippen LogP contribution in [0.2, 0.25) is 0 Å². The molecule has 0 unspecified atom stereocenters. The molecule has 25 heavy (non-hydrogen) atoms. The number of nitrogens with zero attached hydrogens (tertiary/aromatic N) is 1. The van der Waals surface area contributed by atoms with Crippen LogP contribution >= 0.6 is 0 Å². The summed E-state index contributed by atoms with van der Waals surface area (Å²) in [6.45, 7) is 8.00. The van der Waals surface area contributed by atoms with Crippen molar-refractivity contribution in [1.29, 1.82) is 5.26 Å². The van der Waals surface area contributed by atoms with Crippen molar-refractivity contribution in [2.45, 2.75) is 34.1 Å². The molecular formula is C21H23N3O. The van der Waals surface area contributed by atoms with Gasteiger partial charge in [-0.2, -0.15) is 5.26 Å². The van der Waals surface area contributed by atoms with Gasteiger partial charge in [0.2, 0.25) is 0 Å². The average Bonchev–Trinajstić information content (AvgIpc) is 2.60. The maximum absolute atomic E-state index is 12.4. The number of nitrogens with one attached hydrogen (secondary N) is 2. The number of hydrogen-bond donors (Lipinski definition) is 2. The van der Waals surface area contributed by atoms with E-state index in [4.69, 9.17) is 0 Å². The Morgan fingerprint density at radius 2 is 1.80 bits per heavy atom. The topological polar surface area (TPSA) is 64.9 Å². The second kappa shape index (κ2) is 8.16. The van der Waals surface area contributed by atoms with E-state index in [-0.39, 0.29) is 5.57 Å². The summed E-state index contributed by atoms with van der Waals surface area (Å²) in [7, 11) is 0. The molecule has 4 nitrogen and oxygen atoms in total. The third kappa shape index (κ3) is 4.27. The molecule has 0 atom stereocenters. The lowest BCUT2D eigenvalue weighted by molar-refractivity contribution is -0.112. The van der Waals surface area contributed by atoms with Gasteiger partial charge in [0.25, 0.3) is 5.91 Å². The molecule has 0 bridgehead atoms. The van der Waals surface area contributed by atoms with Crippen LogP contribution in [0, 0.1) is 32.1 Å². The van der Waals surface area contributed by atoms with Crippen molar-refractivity contribution in [2.75, 3.05) is 10.6 Å². The quantitative estimate of drug-likeness (QED) is 0.619. The lowest BCUT2D eigenvalue weighted by Gasteiger charge is -2.12. The standard InChI is InChI=1S/C21H23N3O/c1-5-17-10-6-9-15(3)20(17)23-13-18(12-22)21(25)24-19-11-7-8-14(2)16(19)4/h6-11,13,23H,5H2,1-4H3,(H,24,25)/b18-13-. The Morgan fingerprint density at radius 1 is 1.12 bits per heavy atom. The average molecular weight is 333 g/mol. The molecule has 4 heteroatoms. The lowest BCUT2D eigenvalue weighted by Crippen LogP contribution is -2.15. The van der Waals surface area contributed by atoms with Gasteiger partial charge in [-0.05, 0) is 55.5 Å². The van der Waals surface area contributed by atoms with Gasteiger partial charge in [0.15, 0.2) is 0 Å². The van der Waals surface area contributed by atoms with E-state index in [0.29, 0.717) is 0 Å². The lowest BCUT2D eigenvalue weighted by atomic mass is 10.1. The van der Waals surface area contributed by atoms with Crippen molar-refractivity contribution in [3.05, 3.63) is 70.4 Å². The second-order valence-electron chi connectivity index (χ2n) is 5.98. The summed E-state index contributed by atoms with van der Waals surface area (Å²) in [5, 5.41) is 15.3. The van der Waals surface area contributed by atoms with Crippen molar-refractivity contribution < 1.29 is 4.79 Å². The Bertz CT molecular complexity index is 860. The highest BCUT2D eigenvalue weighted by atomic mass is 16.1. The first-order valence-corrected chi connectivity index (χ1v) is 8.30. The van der Waals surface area contributed by atoms with Crippen LogP contribution < -0.4 is 10.6 Å². The molecule has 0 spiro atoms. The van der Waals surface area contributed by atoms with Gasteiger partial charge in [0.1, 0.15) is 11.6 Å². The fraction of sp³-hybridized carbons (Fsp3) is 0.238. The fourth-order valence-electron chi connectivity index (χ4n) is 2.60. The molecule has 0 saturated heterocycles. The van der Waals surface area contributed by atoms with E-state index in [0.717, 1.165) is 40.0 Å². The van der Waals surface area contributed by atoms with Crippen LogP contribution in [0.4, 0.5) is 11.4 Å². The summed E-state index contributed by atoms with van der Waals surface area (Å²) in [4.78, 5) is 12.4. The third-order valence-corrected chi connectivity index (χ3v) is 4.32. The Kier molecular flexibility index (Phi) is 5.97. The number of para-hydroxylation sites is 1. The molecule has 0 fully saturated rings. The summed E-state index contributed by atoms with van der Waals surface area (Å²) >= 11 is 0. The van der Waals surface area contributed by atoms with E-state index in [2.05, 4.69) is 17.6 Å². The predicted molar refractivity (Wildman–Crippen MR) is 102 cm³/mol. The van der Waals surface area contributed by atoms with Crippen LogP contribution in [0.25, 0.3) is 0 Å². The number of aryl methyl sites for hydroxylation is 3. The maximum Gasteiger partial charge on any atom is 0.267 e. The Morgan fingerprint density at radius 3 is 2.48 bits per heavy atom. The van der Waals surface area contributed by atoms with Gasteiger partial charge in [0, 0.05) is 17.6 Å². The molecule has 2 aromatic rings. The second-order valence-corrected chi connectivity index (χ2v) is 5.98. The van der Waals surface area contributed by atoms with Crippen LogP contribution in [0.5, 0.6) is 0 Å². The van der Waals surface area contributed by atoms with Crippen LogP contribution in [-0.4, -0.2) is 5.91 Å². The van der Waals surface area contributed by atoms with Gasteiger partial charge >= 0.3 is 0 Å². The van der Waals surface area contributed by atoms with E-state index in [1.807, 2.05) is 63.2 Å². The highest BCUT2D eigenvalue weighted by Gasteiger charge is 2.12. The smallest absolute Gasteiger partial charge is 0.267 e. The zero-order valence-electron chi connectivity index (χ0n) is 15.1. The minimum Gasteiger partial charge on any atom is -0.360 e. The summed E-state index contributed by atoms with van der Waals surface area (Å²) in [6, 6.07) is 13.7. The molecule has 0 aliphatic heterocycles. The van der Waals surface area contributed by atoms with Crippen molar-refractivity contribution >= 4 is 17.3 Å². The predicted octanol–water partition coefficient (Wildman–Crippen LogP) is 4.63.